The second kappa shape index (κ2) is 7.33. The maximum Gasteiger partial charge on any atom is 0.227 e. The third kappa shape index (κ3) is 3.81. The molecular weight excluding hydrogens is 286 g/mol. The van der Waals surface area contributed by atoms with Gasteiger partial charge in [-0.25, -0.2) is 4.98 Å². The number of thiazole rings is 1. The molecule has 0 bridgehead atoms. The molecule has 1 aliphatic heterocycles. The van der Waals surface area contributed by atoms with E-state index in [1.807, 2.05) is 0 Å². The molecule has 1 aromatic heterocycles. The van der Waals surface area contributed by atoms with Crippen LogP contribution in [0.15, 0.2) is 0 Å². The molecule has 118 valence electrons. The molecule has 0 spiro atoms. The SMILES string of the molecule is CCc1nc(CCNC(=O)C2(CN)CCOCC2)sc1C. The molecule has 0 radical (unpaired) electrons. The van der Waals surface area contributed by atoms with Crippen molar-refractivity contribution < 1.29 is 9.53 Å². The van der Waals surface area contributed by atoms with Gasteiger partial charge in [0, 0.05) is 37.6 Å². The van der Waals surface area contributed by atoms with Gasteiger partial charge in [0.25, 0.3) is 0 Å². The van der Waals surface area contributed by atoms with Crippen LogP contribution in [0.25, 0.3) is 0 Å². The number of aryl methyl sites for hydroxylation is 2. The zero-order valence-electron chi connectivity index (χ0n) is 12.9. The van der Waals surface area contributed by atoms with Gasteiger partial charge >= 0.3 is 0 Å². The van der Waals surface area contributed by atoms with E-state index in [2.05, 4.69) is 24.1 Å². The van der Waals surface area contributed by atoms with Crippen molar-refractivity contribution in [2.24, 2.45) is 11.1 Å². The monoisotopic (exact) mass is 311 g/mol. The van der Waals surface area contributed by atoms with Crippen LogP contribution >= 0.6 is 11.3 Å². The Balaban J connectivity index is 1.85. The lowest BCUT2D eigenvalue weighted by Crippen LogP contribution is -2.49. The summed E-state index contributed by atoms with van der Waals surface area (Å²) < 4.78 is 5.33. The summed E-state index contributed by atoms with van der Waals surface area (Å²) in [6, 6.07) is 0. The zero-order chi connectivity index (χ0) is 15.3. The van der Waals surface area contributed by atoms with E-state index in [4.69, 9.17) is 10.5 Å². The first-order chi connectivity index (χ1) is 10.1. The summed E-state index contributed by atoms with van der Waals surface area (Å²) >= 11 is 1.72. The number of rotatable bonds is 6. The second-order valence-corrected chi connectivity index (χ2v) is 6.85. The molecule has 21 heavy (non-hydrogen) atoms. The van der Waals surface area contributed by atoms with E-state index < -0.39 is 5.41 Å². The highest BCUT2D eigenvalue weighted by atomic mass is 32.1. The molecule has 1 fully saturated rings. The van der Waals surface area contributed by atoms with Gasteiger partial charge in [-0.3, -0.25) is 4.79 Å². The molecule has 5 nitrogen and oxygen atoms in total. The van der Waals surface area contributed by atoms with Crippen LogP contribution in [0.4, 0.5) is 0 Å². The molecule has 0 atom stereocenters. The lowest BCUT2D eigenvalue weighted by atomic mass is 9.79. The van der Waals surface area contributed by atoms with Gasteiger partial charge in [-0.1, -0.05) is 6.92 Å². The molecule has 6 heteroatoms. The molecular formula is C15H25N3O2S. The van der Waals surface area contributed by atoms with Crippen molar-refractivity contribution in [2.75, 3.05) is 26.3 Å². The van der Waals surface area contributed by atoms with Gasteiger partial charge in [-0.15, -0.1) is 11.3 Å². The van der Waals surface area contributed by atoms with Crippen LogP contribution in [-0.4, -0.2) is 37.2 Å². The molecule has 0 aliphatic carbocycles. The zero-order valence-corrected chi connectivity index (χ0v) is 13.7. The number of amides is 1. The van der Waals surface area contributed by atoms with E-state index in [9.17, 15) is 4.79 Å². The lowest BCUT2D eigenvalue weighted by Gasteiger charge is -2.34. The minimum atomic E-state index is -0.439. The van der Waals surface area contributed by atoms with Crippen LogP contribution in [0.1, 0.15) is 35.3 Å². The summed E-state index contributed by atoms with van der Waals surface area (Å²) in [4.78, 5) is 18.3. The van der Waals surface area contributed by atoms with Gasteiger partial charge in [-0.05, 0) is 26.2 Å². The highest BCUT2D eigenvalue weighted by molar-refractivity contribution is 7.11. The number of nitrogens with zero attached hydrogens (tertiary/aromatic N) is 1. The minimum absolute atomic E-state index is 0.0669. The Kier molecular flexibility index (Phi) is 5.72. The van der Waals surface area contributed by atoms with Gasteiger partial charge in [0.05, 0.1) is 16.1 Å². The molecule has 1 saturated heterocycles. The fraction of sp³-hybridized carbons (Fsp3) is 0.733. The maximum atomic E-state index is 12.4. The van der Waals surface area contributed by atoms with Crippen LogP contribution in [0.3, 0.4) is 0 Å². The fourth-order valence-corrected chi connectivity index (χ4v) is 3.70. The van der Waals surface area contributed by atoms with Gasteiger partial charge in [0.15, 0.2) is 0 Å². The Bertz CT molecular complexity index is 481. The standard InChI is InChI=1S/C15H25N3O2S/c1-3-12-11(2)21-13(18-12)4-7-17-14(19)15(10-16)5-8-20-9-6-15/h3-10,16H2,1-2H3,(H,17,19). The van der Waals surface area contributed by atoms with Crippen LogP contribution in [-0.2, 0) is 22.4 Å². The Labute approximate surface area is 130 Å². The van der Waals surface area contributed by atoms with Crippen LogP contribution in [0.5, 0.6) is 0 Å². The Hall–Kier alpha value is -0.980. The number of nitrogens with one attached hydrogen (secondary N) is 1. The maximum absolute atomic E-state index is 12.4. The highest BCUT2D eigenvalue weighted by Gasteiger charge is 2.38. The first-order valence-electron chi connectivity index (χ1n) is 7.62. The topological polar surface area (TPSA) is 77.2 Å². The summed E-state index contributed by atoms with van der Waals surface area (Å²) in [5.41, 5.74) is 6.57. The number of carbonyl (C=O) groups excluding carboxylic acids is 1. The van der Waals surface area contributed by atoms with Gasteiger partial charge in [0.1, 0.15) is 0 Å². The summed E-state index contributed by atoms with van der Waals surface area (Å²) in [6.45, 7) is 6.47. The predicted molar refractivity (Wildman–Crippen MR) is 84.5 cm³/mol. The van der Waals surface area contributed by atoms with Crippen molar-refractivity contribution >= 4 is 17.2 Å². The average molecular weight is 311 g/mol. The van der Waals surface area contributed by atoms with E-state index in [0.29, 0.717) is 39.1 Å². The Morgan fingerprint density at radius 2 is 2.19 bits per heavy atom. The number of carbonyl (C=O) groups is 1. The van der Waals surface area contributed by atoms with Crippen molar-refractivity contribution in [2.45, 2.75) is 39.5 Å². The molecule has 1 aliphatic rings. The van der Waals surface area contributed by atoms with Gasteiger partial charge < -0.3 is 15.8 Å². The molecule has 1 aromatic rings. The van der Waals surface area contributed by atoms with E-state index >= 15 is 0 Å². The Morgan fingerprint density at radius 3 is 2.76 bits per heavy atom. The summed E-state index contributed by atoms with van der Waals surface area (Å²) in [6.07, 6.45) is 3.18. The van der Waals surface area contributed by atoms with Crippen molar-refractivity contribution in [3.8, 4) is 0 Å². The smallest absolute Gasteiger partial charge is 0.227 e. The number of aromatic nitrogens is 1. The summed E-state index contributed by atoms with van der Waals surface area (Å²) in [5.74, 6) is 0.0669. The number of hydrogen-bond acceptors (Lipinski definition) is 5. The van der Waals surface area contributed by atoms with E-state index in [-0.39, 0.29) is 5.91 Å². The third-order valence-electron chi connectivity index (χ3n) is 4.22. The highest BCUT2D eigenvalue weighted by Crippen LogP contribution is 2.29. The predicted octanol–water partition coefficient (Wildman–Crippen LogP) is 1.43. The number of hydrogen-bond donors (Lipinski definition) is 2. The minimum Gasteiger partial charge on any atom is -0.381 e. The van der Waals surface area contributed by atoms with Crippen molar-refractivity contribution in [3.63, 3.8) is 0 Å². The van der Waals surface area contributed by atoms with Gasteiger partial charge in [-0.2, -0.15) is 0 Å². The second-order valence-electron chi connectivity index (χ2n) is 5.57. The number of ether oxygens (including phenoxy) is 1. The van der Waals surface area contributed by atoms with Crippen LogP contribution in [0, 0.1) is 12.3 Å². The molecule has 1 amide bonds. The van der Waals surface area contributed by atoms with Crippen molar-refractivity contribution in [3.05, 3.63) is 15.6 Å². The first-order valence-corrected chi connectivity index (χ1v) is 8.44. The molecule has 2 rings (SSSR count). The van der Waals surface area contributed by atoms with E-state index in [1.54, 1.807) is 11.3 Å². The normalized spacial score (nSPS) is 17.7. The van der Waals surface area contributed by atoms with Crippen molar-refractivity contribution in [1.29, 1.82) is 0 Å². The largest absolute Gasteiger partial charge is 0.381 e. The third-order valence-corrected chi connectivity index (χ3v) is 5.29. The average Bonchev–Trinajstić information content (AvgIpc) is 2.87. The quantitative estimate of drug-likeness (QED) is 0.833. The van der Waals surface area contributed by atoms with Crippen molar-refractivity contribution in [1.82, 2.24) is 10.3 Å². The summed E-state index contributed by atoms with van der Waals surface area (Å²) in [5, 5.41) is 4.13. The Morgan fingerprint density at radius 1 is 1.48 bits per heavy atom. The van der Waals surface area contributed by atoms with E-state index in [0.717, 1.165) is 17.8 Å². The molecule has 0 aromatic carbocycles. The van der Waals surface area contributed by atoms with Crippen LogP contribution in [0.2, 0.25) is 0 Å². The fourth-order valence-electron chi connectivity index (χ4n) is 2.68. The van der Waals surface area contributed by atoms with Gasteiger partial charge in [0.2, 0.25) is 5.91 Å². The molecule has 0 saturated carbocycles. The van der Waals surface area contributed by atoms with Crippen LogP contribution < -0.4 is 11.1 Å². The molecule has 2 heterocycles. The first kappa shape index (κ1) is 16.4. The summed E-state index contributed by atoms with van der Waals surface area (Å²) in [7, 11) is 0. The molecule has 0 unspecified atom stereocenters. The number of nitrogens with two attached hydrogens (primary N) is 1. The van der Waals surface area contributed by atoms with E-state index in [1.165, 1.54) is 10.6 Å². The molecule has 3 N–H and O–H groups in total. The lowest BCUT2D eigenvalue weighted by molar-refractivity contribution is -0.135.